The van der Waals surface area contributed by atoms with E-state index in [2.05, 4.69) is 5.32 Å². The third-order valence-electron chi connectivity index (χ3n) is 2.97. The first-order valence-corrected chi connectivity index (χ1v) is 7.25. The lowest BCUT2D eigenvalue weighted by Crippen LogP contribution is -2.52. The van der Waals surface area contributed by atoms with Gasteiger partial charge in [0.05, 0.1) is 25.7 Å². The SMILES string of the molecule is CCCNC(C)(CC(C)OCCC(F)(F)F)C(=O)OCC. The van der Waals surface area contributed by atoms with Gasteiger partial charge in [0.2, 0.25) is 0 Å². The van der Waals surface area contributed by atoms with Crippen LogP contribution in [0.15, 0.2) is 0 Å². The molecule has 0 bridgehead atoms. The van der Waals surface area contributed by atoms with Crippen LogP contribution in [0.3, 0.4) is 0 Å². The topological polar surface area (TPSA) is 47.6 Å². The second-order valence-corrected chi connectivity index (χ2v) is 5.23. The van der Waals surface area contributed by atoms with Crippen LogP contribution in [0.25, 0.3) is 0 Å². The van der Waals surface area contributed by atoms with E-state index in [4.69, 9.17) is 9.47 Å². The van der Waals surface area contributed by atoms with Gasteiger partial charge in [-0.25, -0.2) is 0 Å². The van der Waals surface area contributed by atoms with Crippen molar-refractivity contribution in [2.24, 2.45) is 0 Å². The molecular weight excluding hydrogens is 287 g/mol. The lowest BCUT2D eigenvalue weighted by molar-refractivity contribution is -0.156. The standard InChI is InChI=1S/C14H26F3NO3/c1-5-8-18-13(4,12(19)20-6-2)10-11(3)21-9-7-14(15,16)17/h11,18H,5-10H2,1-4H3. The highest BCUT2D eigenvalue weighted by Gasteiger charge is 2.36. The number of hydrogen-bond acceptors (Lipinski definition) is 4. The smallest absolute Gasteiger partial charge is 0.391 e. The third kappa shape index (κ3) is 8.93. The Morgan fingerprint density at radius 3 is 2.38 bits per heavy atom. The highest BCUT2D eigenvalue weighted by molar-refractivity contribution is 5.80. The zero-order chi connectivity index (χ0) is 16.5. The minimum atomic E-state index is -4.23. The molecule has 0 aromatic rings. The molecule has 0 heterocycles. The Morgan fingerprint density at radius 2 is 1.90 bits per heavy atom. The molecule has 21 heavy (non-hydrogen) atoms. The molecule has 4 nitrogen and oxygen atoms in total. The van der Waals surface area contributed by atoms with Gasteiger partial charge in [-0.15, -0.1) is 0 Å². The highest BCUT2D eigenvalue weighted by atomic mass is 19.4. The van der Waals surface area contributed by atoms with Gasteiger partial charge in [-0.2, -0.15) is 13.2 Å². The van der Waals surface area contributed by atoms with Gasteiger partial charge in [-0.05, 0) is 33.7 Å². The van der Waals surface area contributed by atoms with Crippen molar-refractivity contribution in [3.63, 3.8) is 0 Å². The molecule has 7 heteroatoms. The van der Waals surface area contributed by atoms with E-state index in [9.17, 15) is 18.0 Å². The molecule has 0 aliphatic heterocycles. The van der Waals surface area contributed by atoms with Gasteiger partial charge in [0.1, 0.15) is 5.54 Å². The number of carbonyl (C=O) groups excluding carboxylic acids is 1. The van der Waals surface area contributed by atoms with Crippen molar-refractivity contribution in [1.29, 1.82) is 0 Å². The monoisotopic (exact) mass is 313 g/mol. The predicted molar refractivity (Wildman–Crippen MR) is 74.0 cm³/mol. The Labute approximate surface area is 124 Å². The van der Waals surface area contributed by atoms with Crippen molar-refractivity contribution in [3.8, 4) is 0 Å². The summed E-state index contributed by atoms with van der Waals surface area (Å²) in [6.45, 7) is 7.47. The summed E-state index contributed by atoms with van der Waals surface area (Å²) in [6.07, 6.45) is -4.62. The van der Waals surface area contributed by atoms with Crippen LogP contribution in [-0.2, 0) is 14.3 Å². The molecular formula is C14H26F3NO3. The van der Waals surface area contributed by atoms with Gasteiger partial charge >= 0.3 is 12.1 Å². The van der Waals surface area contributed by atoms with Gasteiger partial charge in [0.25, 0.3) is 0 Å². The van der Waals surface area contributed by atoms with E-state index in [1.165, 1.54) is 0 Å². The second kappa shape index (κ2) is 9.25. The van der Waals surface area contributed by atoms with Crippen LogP contribution < -0.4 is 5.32 Å². The first-order valence-electron chi connectivity index (χ1n) is 7.25. The molecule has 126 valence electrons. The number of halogens is 3. The fraction of sp³-hybridized carbons (Fsp3) is 0.929. The van der Waals surface area contributed by atoms with E-state index < -0.39 is 36.8 Å². The number of carbonyl (C=O) groups is 1. The molecule has 0 radical (unpaired) electrons. The molecule has 2 atom stereocenters. The minimum Gasteiger partial charge on any atom is -0.465 e. The number of ether oxygens (including phenoxy) is 2. The summed E-state index contributed by atoms with van der Waals surface area (Å²) in [5.74, 6) is -0.412. The van der Waals surface area contributed by atoms with E-state index in [-0.39, 0.29) is 13.0 Å². The first kappa shape index (κ1) is 20.2. The summed E-state index contributed by atoms with van der Waals surface area (Å²) in [5.41, 5.74) is -0.955. The molecule has 1 N–H and O–H groups in total. The van der Waals surface area contributed by atoms with Crippen LogP contribution >= 0.6 is 0 Å². The summed E-state index contributed by atoms with van der Waals surface area (Å²) >= 11 is 0. The van der Waals surface area contributed by atoms with E-state index in [0.717, 1.165) is 6.42 Å². The second-order valence-electron chi connectivity index (χ2n) is 5.23. The van der Waals surface area contributed by atoms with Crippen LogP contribution in [0.5, 0.6) is 0 Å². The quantitative estimate of drug-likeness (QED) is 0.630. The first-order chi connectivity index (χ1) is 9.64. The van der Waals surface area contributed by atoms with Crippen molar-refractivity contribution < 1.29 is 27.4 Å². The summed E-state index contributed by atoms with van der Waals surface area (Å²) in [6, 6.07) is 0. The Kier molecular flexibility index (Phi) is 8.89. The molecule has 0 aromatic heterocycles. The van der Waals surface area contributed by atoms with Gasteiger partial charge in [0, 0.05) is 6.42 Å². The minimum absolute atomic E-state index is 0.254. The van der Waals surface area contributed by atoms with Crippen LogP contribution in [-0.4, -0.2) is 43.5 Å². The van der Waals surface area contributed by atoms with E-state index >= 15 is 0 Å². The number of rotatable bonds is 10. The maximum Gasteiger partial charge on any atom is 0.391 e. The fourth-order valence-corrected chi connectivity index (χ4v) is 1.93. The Bertz CT molecular complexity index is 310. The largest absolute Gasteiger partial charge is 0.465 e. The van der Waals surface area contributed by atoms with Crippen molar-refractivity contribution in [3.05, 3.63) is 0 Å². The molecule has 0 spiro atoms. The van der Waals surface area contributed by atoms with Crippen molar-refractivity contribution >= 4 is 5.97 Å². The Morgan fingerprint density at radius 1 is 1.29 bits per heavy atom. The maximum atomic E-state index is 12.1. The molecule has 2 unspecified atom stereocenters. The maximum absolute atomic E-state index is 12.1. The number of esters is 1. The van der Waals surface area contributed by atoms with Crippen molar-refractivity contribution in [1.82, 2.24) is 5.32 Å². The van der Waals surface area contributed by atoms with Gasteiger partial charge < -0.3 is 14.8 Å². The average molecular weight is 313 g/mol. The van der Waals surface area contributed by atoms with Crippen molar-refractivity contribution in [2.75, 3.05) is 19.8 Å². The van der Waals surface area contributed by atoms with Gasteiger partial charge in [0.15, 0.2) is 0 Å². The average Bonchev–Trinajstić information content (AvgIpc) is 2.35. The normalized spacial score (nSPS) is 16.3. The summed E-state index contributed by atoms with van der Waals surface area (Å²) < 4.78 is 46.4. The van der Waals surface area contributed by atoms with E-state index in [1.54, 1.807) is 20.8 Å². The third-order valence-corrected chi connectivity index (χ3v) is 2.97. The molecule has 0 rings (SSSR count). The van der Waals surface area contributed by atoms with E-state index in [1.807, 2.05) is 6.92 Å². The van der Waals surface area contributed by atoms with Crippen molar-refractivity contribution in [2.45, 2.75) is 64.8 Å². The van der Waals surface area contributed by atoms with Crippen LogP contribution in [0.1, 0.15) is 47.0 Å². The molecule has 0 aliphatic carbocycles. The molecule has 0 saturated heterocycles. The van der Waals surface area contributed by atoms with Crippen LogP contribution in [0.4, 0.5) is 13.2 Å². The zero-order valence-corrected chi connectivity index (χ0v) is 13.2. The molecule has 0 amide bonds. The number of alkyl halides is 3. The fourth-order valence-electron chi connectivity index (χ4n) is 1.93. The Balaban J connectivity index is 4.47. The number of nitrogens with one attached hydrogen (secondary N) is 1. The summed E-state index contributed by atoms with van der Waals surface area (Å²) in [4.78, 5) is 12.0. The highest BCUT2D eigenvalue weighted by Crippen LogP contribution is 2.21. The zero-order valence-electron chi connectivity index (χ0n) is 13.2. The lowest BCUT2D eigenvalue weighted by atomic mass is 9.94. The van der Waals surface area contributed by atoms with Gasteiger partial charge in [-0.1, -0.05) is 6.92 Å². The van der Waals surface area contributed by atoms with Crippen LogP contribution in [0.2, 0.25) is 0 Å². The number of hydrogen-bond donors (Lipinski definition) is 1. The predicted octanol–water partition coefficient (Wildman–Crippen LogP) is 3.06. The van der Waals surface area contributed by atoms with Crippen LogP contribution in [0, 0.1) is 0 Å². The van der Waals surface area contributed by atoms with E-state index in [0.29, 0.717) is 6.54 Å². The molecule has 0 fully saturated rings. The molecule has 0 aromatic carbocycles. The van der Waals surface area contributed by atoms with Gasteiger partial charge in [-0.3, -0.25) is 4.79 Å². The summed E-state index contributed by atoms with van der Waals surface area (Å²) in [7, 11) is 0. The lowest BCUT2D eigenvalue weighted by Gasteiger charge is -2.31. The Hall–Kier alpha value is -0.820. The summed E-state index contributed by atoms with van der Waals surface area (Å²) in [5, 5.41) is 3.09. The molecule has 0 saturated carbocycles. The molecule has 0 aliphatic rings.